The SMILES string of the molecule is NNc1cc(Nc2ccccc2Cl)ccn1. The second-order valence-corrected chi connectivity index (χ2v) is 3.59. The number of anilines is 3. The van der Waals surface area contributed by atoms with Crippen molar-refractivity contribution in [1.29, 1.82) is 0 Å². The lowest BCUT2D eigenvalue weighted by atomic mass is 10.3. The summed E-state index contributed by atoms with van der Waals surface area (Å²) in [5.74, 6) is 5.87. The van der Waals surface area contributed by atoms with Gasteiger partial charge >= 0.3 is 0 Å². The van der Waals surface area contributed by atoms with E-state index < -0.39 is 0 Å². The maximum absolute atomic E-state index is 6.03. The predicted octanol–water partition coefficient (Wildman–Crippen LogP) is 2.76. The van der Waals surface area contributed by atoms with Crippen molar-refractivity contribution in [2.45, 2.75) is 0 Å². The molecule has 2 rings (SSSR count). The Morgan fingerprint density at radius 1 is 1.19 bits per heavy atom. The summed E-state index contributed by atoms with van der Waals surface area (Å²) >= 11 is 6.03. The molecule has 1 heterocycles. The van der Waals surface area contributed by atoms with Crippen LogP contribution in [-0.4, -0.2) is 4.98 Å². The molecule has 16 heavy (non-hydrogen) atoms. The van der Waals surface area contributed by atoms with Gasteiger partial charge in [0.15, 0.2) is 0 Å². The Morgan fingerprint density at radius 3 is 2.75 bits per heavy atom. The zero-order chi connectivity index (χ0) is 11.4. The highest BCUT2D eigenvalue weighted by molar-refractivity contribution is 6.33. The van der Waals surface area contributed by atoms with Gasteiger partial charge in [-0.25, -0.2) is 10.8 Å². The van der Waals surface area contributed by atoms with Crippen LogP contribution in [-0.2, 0) is 0 Å². The van der Waals surface area contributed by atoms with Crippen molar-refractivity contribution >= 4 is 28.8 Å². The topological polar surface area (TPSA) is 63.0 Å². The Hall–Kier alpha value is -1.78. The van der Waals surface area contributed by atoms with Crippen molar-refractivity contribution in [3.63, 3.8) is 0 Å². The zero-order valence-electron chi connectivity index (χ0n) is 8.44. The van der Waals surface area contributed by atoms with Crippen molar-refractivity contribution in [3.8, 4) is 0 Å². The summed E-state index contributed by atoms with van der Waals surface area (Å²) in [4.78, 5) is 4.01. The smallest absolute Gasteiger partial charge is 0.141 e. The number of nitrogens with two attached hydrogens (primary N) is 1. The molecule has 0 saturated carbocycles. The molecule has 0 aliphatic rings. The second-order valence-electron chi connectivity index (χ2n) is 3.18. The highest BCUT2D eigenvalue weighted by Crippen LogP contribution is 2.25. The van der Waals surface area contributed by atoms with Crippen molar-refractivity contribution in [2.24, 2.45) is 5.84 Å². The van der Waals surface area contributed by atoms with Gasteiger partial charge in [0, 0.05) is 18.0 Å². The van der Waals surface area contributed by atoms with Gasteiger partial charge in [0.25, 0.3) is 0 Å². The molecule has 5 heteroatoms. The molecule has 2 aromatic rings. The third-order valence-electron chi connectivity index (χ3n) is 2.06. The van der Waals surface area contributed by atoms with Gasteiger partial charge in [-0.1, -0.05) is 23.7 Å². The quantitative estimate of drug-likeness (QED) is 0.565. The van der Waals surface area contributed by atoms with Gasteiger partial charge in [-0.15, -0.1) is 0 Å². The average Bonchev–Trinajstić information content (AvgIpc) is 2.32. The van der Waals surface area contributed by atoms with Crippen LogP contribution in [0.4, 0.5) is 17.2 Å². The van der Waals surface area contributed by atoms with E-state index >= 15 is 0 Å². The Balaban J connectivity index is 2.24. The van der Waals surface area contributed by atoms with E-state index in [-0.39, 0.29) is 0 Å². The molecule has 0 aliphatic heterocycles. The van der Waals surface area contributed by atoms with Crippen LogP contribution in [0, 0.1) is 0 Å². The zero-order valence-corrected chi connectivity index (χ0v) is 9.20. The molecule has 0 bridgehead atoms. The van der Waals surface area contributed by atoms with E-state index in [1.807, 2.05) is 30.3 Å². The molecule has 1 aromatic heterocycles. The van der Waals surface area contributed by atoms with Gasteiger partial charge in [-0.05, 0) is 18.2 Å². The Bertz CT molecular complexity index is 487. The number of halogens is 1. The summed E-state index contributed by atoms with van der Waals surface area (Å²) in [6, 6.07) is 11.2. The third-order valence-corrected chi connectivity index (χ3v) is 2.39. The van der Waals surface area contributed by atoms with E-state index in [0.29, 0.717) is 10.8 Å². The summed E-state index contributed by atoms with van der Waals surface area (Å²) in [5.41, 5.74) is 4.20. The molecule has 0 amide bonds. The van der Waals surface area contributed by atoms with E-state index in [0.717, 1.165) is 11.4 Å². The summed E-state index contributed by atoms with van der Waals surface area (Å²) in [5, 5.41) is 3.85. The molecule has 0 aliphatic carbocycles. The van der Waals surface area contributed by atoms with Gasteiger partial charge in [0.05, 0.1) is 10.7 Å². The normalized spacial score (nSPS) is 9.88. The minimum atomic E-state index is 0.594. The number of nitrogens with zero attached hydrogens (tertiary/aromatic N) is 1. The Kier molecular flexibility index (Phi) is 3.24. The Morgan fingerprint density at radius 2 is 2.00 bits per heavy atom. The van der Waals surface area contributed by atoms with Crippen molar-refractivity contribution in [3.05, 3.63) is 47.6 Å². The highest BCUT2D eigenvalue weighted by Gasteiger charge is 2.00. The molecule has 4 N–H and O–H groups in total. The van der Waals surface area contributed by atoms with Crippen LogP contribution >= 0.6 is 11.6 Å². The molecule has 82 valence electrons. The summed E-state index contributed by atoms with van der Waals surface area (Å²) in [6.45, 7) is 0. The first-order valence-corrected chi connectivity index (χ1v) is 5.11. The first-order chi connectivity index (χ1) is 7.79. The molecule has 0 spiro atoms. The van der Waals surface area contributed by atoms with Gasteiger partial charge in [-0.3, -0.25) is 0 Å². The molecule has 0 fully saturated rings. The van der Waals surface area contributed by atoms with Gasteiger partial charge in [0.2, 0.25) is 0 Å². The predicted molar refractivity (Wildman–Crippen MR) is 66.8 cm³/mol. The molecule has 0 atom stereocenters. The molecule has 1 aromatic carbocycles. The van der Waals surface area contributed by atoms with Crippen LogP contribution in [0.5, 0.6) is 0 Å². The lowest BCUT2D eigenvalue weighted by Gasteiger charge is -2.08. The summed E-state index contributed by atoms with van der Waals surface area (Å²) in [7, 11) is 0. The lowest BCUT2D eigenvalue weighted by Crippen LogP contribution is -2.08. The van der Waals surface area contributed by atoms with Gasteiger partial charge in [0.1, 0.15) is 5.82 Å². The van der Waals surface area contributed by atoms with Crippen LogP contribution in [0.3, 0.4) is 0 Å². The molecular weight excluding hydrogens is 224 g/mol. The maximum atomic E-state index is 6.03. The average molecular weight is 235 g/mol. The lowest BCUT2D eigenvalue weighted by molar-refractivity contribution is 1.23. The summed E-state index contributed by atoms with van der Waals surface area (Å²) < 4.78 is 0. The number of aromatic nitrogens is 1. The van der Waals surface area contributed by atoms with E-state index in [4.69, 9.17) is 17.4 Å². The minimum absolute atomic E-state index is 0.594. The van der Waals surface area contributed by atoms with Crippen molar-refractivity contribution < 1.29 is 0 Å². The van der Waals surface area contributed by atoms with Crippen molar-refractivity contribution in [1.82, 2.24) is 4.98 Å². The standard InChI is InChI=1S/C11H11ClN4/c12-9-3-1-2-4-10(9)15-8-5-6-14-11(7-8)16-13/h1-7H,13H2,(H2,14,15,16). The molecular formula is C11H11ClN4. The largest absolute Gasteiger partial charge is 0.354 e. The first kappa shape index (κ1) is 10.7. The minimum Gasteiger partial charge on any atom is -0.354 e. The maximum Gasteiger partial charge on any atom is 0.141 e. The van der Waals surface area contributed by atoms with Gasteiger partial charge in [-0.2, -0.15) is 0 Å². The van der Waals surface area contributed by atoms with Crippen LogP contribution in [0.15, 0.2) is 42.6 Å². The monoisotopic (exact) mass is 234 g/mol. The number of benzene rings is 1. The molecule has 0 saturated heterocycles. The van der Waals surface area contributed by atoms with Crippen LogP contribution in [0.25, 0.3) is 0 Å². The number of nitrogens with one attached hydrogen (secondary N) is 2. The van der Waals surface area contributed by atoms with E-state index in [2.05, 4.69) is 15.7 Å². The number of nitrogen functional groups attached to an aromatic ring is 1. The van der Waals surface area contributed by atoms with Crippen LogP contribution < -0.4 is 16.6 Å². The fraction of sp³-hybridized carbons (Fsp3) is 0. The number of rotatable bonds is 3. The number of hydrogen-bond donors (Lipinski definition) is 3. The second kappa shape index (κ2) is 4.83. The fourth-order valence-electron chi connectivity index (χ4n) is 1.31. The van der Waals surface area contributed by atoms with E-state index in [9.17, 15) is 0 Å². The van der Waals surface area contributed by atoms with Crippen LogP contribution in [0.2, 0.25) is 5.02 Å². The molecule has 4 nitrogen and oxygen atoms in total. The number of para-hydroxylation sites is 1. The first-order valence-electron chi connectivity index (χ1n) is 4.74. The molecule has 0 radical (unpaired) electrons. The van der Waals surface area contributed by atoms with Crippen molar-refractivity contribution in [2.75, 3.05) is 10.7 Å². The fourth-order valence-corrected chi connectivity index (χ4v) is 1.49. The Labute approximate surface area is 98.4 Å². The van der Waals surface area contributed by atoms with E-state index in [1.54, 1.807) is 12.3 Å². The summed E-state index contributed by atoms with van der Waals surface area (Å²) in [6.07, 6.45) is 1.66. The highest BCUT2D eigenvalue weighted by atomic mass is 35.5. The third kappa shape index (κ3) is 2.42. The number of hydrazine groups is 1. The number of hydrogen-bond acceptors (Lipinski definition) is 4. The van der Waals surface area contributed by atoms with Crippen LogP contribution in [0.1, 0.15) is 0 Å². The molecule has 0 unspecified atom stereocenters. The number of pyridine rings is 1. The van der Waals surface area contributed by atoms with E-state index in [1.165, 1.54) is 0 Å². The van der Waals surface area contributed by atoms with Gasteiger partial charge < -0.3 is 10.7 Å².